The molecular formula is C26H35NO5. The van der Waals surface area contributed by atoms with Crippen molar-refractivity contribution in [2.24, 2.45) is 5.41 Å². The summed E-state index contributed by atoms with van der Waals surface area (Å²) in [4.78, 5) is 13.8. The van der Waals surface area contributed by atoms with Gasteiger partial charge in [0.25, 0.3) is 0 Å². The van der Waals surface area contributed by atoms with Crippen LogP contribution in [0.5, 0.6) is 11.5 Å². The van der Waals surface area contributed by atoms with Gasteiger partial charge in [-0.1, -0.05) is 43.3 Å². The van der Waals surface area contributed by atoms with Crippen LogP contribution in [-0.2, 0) is 11.2 Å². The maximum atomic E-state index is 12.2. The molecule has 2 aromatic carbocycles. The third kappa shape index (κ3) is 5.36. The van der Waals surface area contributed by atoms with Crippen molar-refractivity contribution in [1.82, 2.24) is 4.90 Å². The number of hydrogen-bond donors (Lipinski definition) is 1. The van der Waals surface area contributed by atoms with Gasteiger partial charge in [0.1, 0.15) is 0 Å². The Hall–Kier alpha value is -2.73. The molecule has 0 aromatic heterocycles. The van der Waals surface area contributed by atoms with Gasteiger partial charge in [0.2, 0.25) is 0 Å². The van der Waals surface area contributed by atoms with E-state index in [9.17, 15) is 9.90 Å². The first-order valence-electron chi connectivity index (χ1n) is 11.2. The van der Waals surface area contributed by atoms with Crippen LogP contribution in [0.15, 0.2) is 48.5 Å². The summed E-state index contributed by atoms with van der Waals surface area (Å²) in [5.74, 6) is 1.32. The summed E-state index contributed by atoms with van der Waals surface area (Å²) < 4.78 is 16.5. The predicted molar refractivity (Wildman–Crippen MR) is 124 cm³/mol. The Bertz CT molecular complexity index is 885. The number of methoxy groups -OCH3 is 2. The van der Waals surface area contributed by atoms with E-state index in [0.717, 1.165) is 24.8 Å². The minimum atomic E-state index is -0.591. The maximum Gasteiger partial charge on any atom is 0.409 e. The number of amides is 1. The van der Waals surface area contributed by atoms with Crippen LogP contribution in [0.25, 0.3) is 0 Å². The van der Waals surface area contributed by atoms with Gasteiger partial charge in [0.15, 0.2) is 11.5 Å². The second-order valence-electron chi connectivity index (χ2n) is 8.79. The zero-order valence-electron chi connectivity index (χ0n) is 19.5. The van der Waals surface area contributed by atoms with Crippen LogP contribution in [0.3, 0.4) is 0 Å². The van der Waals surface area contributed by atoms with Crippen LogP contribution in [0.4, 0.5) is 4.79 Å². The molecule has 6 nitrogen and oxygen atoms in total. The van der Waals surface area contributed by atoms with E-state index in [4.69, 9.17) is 14.2 Å². The number of benzene rings is 2. The van der Waals surface area contributed by atoms with E-state index in [-0.39, 0.29) is 12.0 Å². The first-order chi connectivity index (χ1) is 15.4. The molecule has 1 fully saturated rings. The largest absolute Gasteiger partial charge is 0.493 e. The van der Waals surface area contributed by atoms with E-state index in [0.29, 0.717) is 31.2 Å². The maximum absolute atomic E-state index is 12.2. The summed E-state index contributed by atoms with van der Waals surface area (Å²) in [7, 11) is 3.01. The van der Waals surface area contributed by atoms with Gasteiger partial charge in [-0.3, -0.25) is 0 Å². The summed E-state index contributed by atoms with van der Waals surface area (Å²) in [6.07, 6.45) is 2.05. The Kier molecular flexibility index (Phi) is 8.02. The molecule has 1 unspecified atom stereocenters. The number of aliphatic hydroxyl groups excluding tert-OH is 1. The molecule has 1 aliphatic rings. The van der Waals surface area contributed by atoms with Crippen LogP contribution in [0, 0.1) is 5.41 Å². The molecule has 1 heterocycles. The van der Waals surface area contributed by atoms with Gasteiger partial charge in [-0.25, -0.2) is 4.79 Å². The Labute approximate surface area is 191 Å². The number of carbonyl (C=O) groups is 1. The van der Waals surface area contributed by atoms with Crippen LogP contribution in [-0.4, -0.2) is 56.1 Å². The molecule has 32 heavy (non-hydrogen) atoms. The quantitative estimate of drug-likeness (QED) is 0.574. The number of unbranched alkanes of at least 4 members (excludes halogenated alkanes) is 1. The summed E-state index contributed by atoms with van der Waals surface area (Å²) in [5.41, 5.74) is 1.86. The second kappa shape index (κ2) is 10.7. The van der Waals surface area contributed by atoms with Crippen LogP contribution < -0.4 is 9.47 Å². The SMILES string of the molecule is COC(=O)N1C[C@@H](c2ccc(OC)c(OCCCCc3ccccc3)c2)[C@](C)(C(C)O)C1. The molecule has 6 heteroatoms. The molecule has 0 saturated carbocycles. The lowest BCUT2D eigenvalue weighted by atomic mass is 9.72. The van der Waals surface area contributed by atoms with Crippen molar-refractivity contribution < 1.29 is 24.1 Å². The number of aliphatic hydroxyl groups is 1. The third-order valence-electron chi connectivity index (χ3n) is 6.67. The van der Waals surface area contributed by atoms with E-state index >= 15 is 0 Å². The van der Waals surface area contributed by atoms with E-state index in [1.54, 1.807) is 18.9 Å². The molecule has 174 valence electrons. The van der Waals surface area contributed by atoms with Crippen molar-refractivity contribution >= 4 is 6.09 Å². The van der Waals surface area contributed by atoms with E-state index in [2.05, 4.69) is 24.3 Å². The molecule has 0 bridgehead atoms. The summed E-state index contributed by atoms with van der Waals surface area (Å²) in [6.45, 7) is 5.31. The smallest absolute Gasteiger partial charge is 0.409 e. The van der Waals surface area contributed by atoms with E-state index < -0.39 is 11.5 Å². The standard InChI is InChI=1S/C26H35NO5/c1-19(28)26(2)18-27(25(29)31-4)17-22(26)21-13-14-23(30-3)24(16-21)32-15-9-8-12-20-10-6-5-7-11-20/h5-7,10-11,13-14,16,19,22,28H,8-9,12,15,17-18H2,1-4H3/t19?,22-,26-/m0/s1. The molecule has 1 saturated heterocycles. The highest BCUT2D eigenvalue weighted by atomic mass is 16.5. The Morgan fingerprint density at radius 1 is 1.16 bits per heavy atom. The van der Waals surface area contributed by atoms with Gasteiger partial charge in [-0.15, -0.1) is 0 Å². The zero-order chi connectivity index (χ0) is 23.1. The number of carbonyl (C=O) groups excluding carboxylic acids is 1. The van der Waals surface area contributed by atoms with E-state index in [1.807, 2.05) is 31.2 Å². The van der Waals surface area contributed by atoms with Gasteiger partial charge in [0.05, 0.1) is 26.9 Å². The molecule has 0 spiro atoms. The zero-order valence-corrected chi connectivity index (χ0v) is 19.5. The number of hydrogen-bond acceptors (Lipinski definition) is 5. The number of likely N-dealkylation sites (tertiary alicyclic amines) is 1. The lowest BCUT2D eigenvalue weighted by Crippen LogP contribution is -2.38. The highest BCUT2D eigenvalue weighted by Crippen LogP contribution is 2.47. The summed E-state index contributed by atoms with van der Waals surface area (Å²) in [5, 5.41) is 10.5. The fourth-order valence-electron chi connectivity index (χ4n) is 4.47. The molecule has 1 N–H and O–H groups in total. The molecule has 3 atom stereocenters. The number of aryl methyl sites for hydroxylation is 1. The normalized spacial score (nSPS) is 21.3. The first kappa shape index (κ1) is 23.9. The lowest BCUT2D eigenvalue weighted by molar-refractivity contribution is 0.0470. The monoisotopic (exact) mass is 441 g/mol. The van der Waals surface area contributed by atoms with Gasteiger partial charge in [0, 0.05) is 24.4 Å². The lowest BCUT2D eigenvalue weighted by Gasteiger charge is -2.33. The van der Waals surface area contributed by atoms with Crippen LogP contribution in [0.1, 0.15) is 43.7 Å². The highest BCUT2D eigenvalue weighted by molar-refractivity contribution is 5.68. The van der Waals surface area contributed by atoms with Gasteiger partial charge >= 0.3 is 6.09 Å². The van der Waals surface area contributed by atoms with Crippen LogP contribution >= 0.6 is 0 Å². The first-order valence-corrected chi connectivity index (χ1v) is 11.2. The average Bonchev–Trinajstić information content (AvgIpc) is 3.18. The molecule has 2 aromatic rings. The minimum absolute atomic E-state index is 0.0482. The average molecular weight is 442 g/mol. The number of ether oxygens (including phenoxy) is 3. The fraction of sp³-hybridized carbons (Fsp3) is 0.500. The van der Waals surface area contributed by atoms with Crippen molar-refractivity contribution in [2.45, 2.75) is 45.1 Å². The Morgan fingerprint density at radius 3 is 2.56 bits per heavy atom. The Morgan fingerprint density at radius 2 is 1.91 bits per heavy atom. The van der Waals surface area contributed by atoms with E-state index in [1.165, 1.54) is 12.7 Å². The van der Waals surface area contributed by atoms with Gasteiger partial charge < -0.3 is 24.2 Å². The van der Waals surface area contributed by atoms with Gasteiger partial charge in [-0.2, -0.15) is 0 Å². The topological polar surface area (TPSA) is 68.2 Å². The molecule has 0 aliphatic carbocycles. The van der Waals surface area contributed by atoms with Crippen molar-refractivity contribution in [3.8, 4) is 11.5 Å². The third-order valence-corrected chi connectivity index (χ3v) is 6.67. The Balaban J connectivity index is 1.69. The summed E-state index contributed by atoms with van der Waals surface area (Å²) >= 11 is 0. The molecule has 1 amide bonds. The van der Waals surface area contributed by atoms with Crippen molar-refractivity contribution in [3.05, 3.63) is 59.7 Å². The van der Waals surface area contributed by atoms with Gasteiger partial charge in [-0.05, 0) is 49.4 Å². The van der Waals surface area contributed by atoms with Crippen molar-refractivity contribution in [1.29, 1.82) is 0 Å². The molecule has 3 rings (SSSR count). The second-order valence-corrected chi connectivity index (χ2v) is 8.79. The minimum Gasteiger partial charge on any atom is -0.493 e. The summed E-state index contributed by atoms with van der Waals surface area (Å²) in [6, 6.07) is 16.3. The highest BCUT2D eigenvalue weighted by Gasteiger charge is 2.48. The predicted octanol–water partition coefficient (Wildman–Crippen LogP) is 4.65. The van der Waals surface area contributed by atoms with Crippen molar-refractivity contribution in [3.63, 3.8) is 0 Å². The molecular weight excluding hydrogens is 406 g/mol. The van der Waals surface area contributed by atoms with Crippen LogP contribution in [0.2, 0.25) is 0 Å². The molecule has 1 aliphatic heterocycles. The van der Waals surface area contributed by atoms with Crippen molar-refractivity contribution in [2.75, 3.05) is 33.9 Å². The number of rotatable bonds is 9. The molecule has 0 radical (unpaired) electrons. The number of nitrogens with zero attached hydrogens (tertiary/aromatic N) is 1. The fourth-order valence-corrected chi connectivity index (χ4v) is 4.47.